The number of hydrogen-bond donors (Lipinski definition) is 2. The maximum absolute atomic E-state index is 13.5. The summed E-state index contributed by atoms with van der Waals surface area (Å²) in [6.45, 7) is 0.928. The van der Waals surface area contributed by atoms with Crippen molar-refractivity contribution < 1.29 is 12.8 Å². The van der Waals surface area contributed by atoms with E-state index in [9.17, 15) is 12.8 Å². The zero-order chi connectivity index (χ0) is 14.5. The lowest BCUT2D eigenvalue weighted by Gasteiger charge is -2.12. The molecule has 19 heavy (non-hydrogen) atoms. The van der Waals surface area contributed by atoms with Gasteiger partial charge in [0.1, 0.15) is 5.82 Å². The molecular weight excluding hydrogens is 269 g/mol. The number of nitrogens with one attached hydrogen (secondary N) is 1. The zero-order valence-electron chi connectivity index (χ0n) is 11.2. The maximum atomic E-state index is 13.5. The van der Waals surface area contributed by atoms with Crippen LogP contribution in [-0.4, -0.2) is 40.5 Å². The second kappa shape index (κ2) is 6.95. The first kappa shape index (κ1) is 16.0. The standard InChI is InChI=1S/C12H20FN3O2S/c1-16(2)8-4-7-15-19(17,18)12-6-3-5-11(13)10(12)9-14/h3,5-6,15H,4,7-9,14H2,1-2H3. The lowest BCUT2D eigenvalue weighted by molar-refractivity contribution is 0.400. The summed E-state index contributed by atoms with van der Waals surface area (Å²) in [4.78, 5) is 1.88. The molecule has 0 amide bonds. The molecule has 0 unspecified atom stereocenters. The Bertz CT molecular complexity index is 518. The van der Waals surface area contributed by atoms with Crippen LogP contribution in [0.1, 0.15) is 12.0 Å². The largest absolute Gasteiger partial charge is 0.326 e. The lowest BCUT2D eigenvalue weighted by atomic mass is 10.2. The fourth-order valence-electron chi connectivity index (χ4n) is 1.67. The number of benzene rings is 1. The van der Waals surface area contributed by atoms with Crippen molar-refractivity contribution in [2.24, 2.45) is 5.73 Å². The molecule has 0 heterocycles. The first-order valence-corrected chi connectivity index (χ1v) is 7.48. The van der Waals surface area contributed by atoms with E-state index in [1.54, 1.807) is 0 Å². The number of nitrogens with two attached hydrogens (primary N) is 1. The molecule has 0 spiro atoms. The molecule has 0 bridgehead atoms. The van der Waals surface area contributed by atoms with E-state index in [2.05, 4.69) is 4.72 Å². The summed E-state index contributed by atoms with van der Waals surface area (Å²) in [7, 11) is 0.109. The number of sulfonamides is 1. The first-order chi connectivity index (χ1) is 8.88. The Kier molecular flexibility index (Phi) is 5.86. The highest BCUT2D eigenvalue weighted by Gasteiger charge is 2.19. The number of halogens is 1. The van der Waals surface area contributed by atoms with Gasteiger partial charge in [0.2, 0.25) is 10.0 Å². The maximum Gasteiger partial charge on any atom is 0.240 e. The summed E-state index contributed by atoms with van der Waals surface area (Å²) in [5.41, 5.74) is 5.42. The van der Waals surface area contributed by atoms with Crippen molar-refractivity contribution in [2.45, 2.75) is 17.9 Å². The molecule has 7 heteroatoms. The van der Waals surface area contributed by atoms with E-state index in [4.69, 9.17) is 5.73 Å². The lowest BCUT2D eigenvalue weighted by Crippen LogP contribution is -2.28. The van der Waals surface area contributed by atoms with E-state index in [1.165, 1.54) is 18.2 Å². The van der Waals surface area contributed by atoms with Crippen molar-refractivity contribution in [3.63, 3.8) is 0 Å². The minimum atomic E-state index is -3.71. The van der Waals surface area contributed by atoms with Crippen molar-refractivity contribution in [3.8, 4) is 0 Å². The van der Waals surface area contributed by atoms with E-state index in [0.717, 1.165) is 6.54 Å². The van der Waals surface area contributed by atoms with Crippen LogP contribution in [0.4, 0.5) is 4.39 Å². The summed E-state index contributed by atoms with van der Waals surface area (Å²) < 4.78 is 40.1. The third-order valence-corrected chi connectivity index (χ3v) is 4.19. The van der Waals surface area contributed by atoms with Gasteiger partial charge in [0.25, 0.3) is 0 Å². The van der Waals surface area contributed by atoms with Gasteiger partial charge < -0.3 is 10.6 Å². The molecule has 0 atom stereocenters. The number of nitrogens with zero attached hydrogens (tertiary/aromatic N) is 1. The summed E-state index contributed by atoms with van der Waals surface area (Å²) >= 11 is 0. The van der Waals surface area contributed by atoms with Gasteiger partial charge >= 0.3 is 0 Å². The Balaban J connectivity index is 2.80. The monoisotopic (exact) mass is 289 g/mol. The van der Waals surface area contributed by atoms with Crippen molar-refractivity contribution in [1.29, 1.82) is 0 Å². The summed E-state index contributed by atoms with van der Waals surface area (Å²) in [6.07, 6.45) is 0.680. The minimum absolute atomic E-state index is 0.0163. The topological polar surface area (TPSA) is 75.4 Å². The molecule has 0 fully saturated rings. The van der Waals surface area contributed by atoms with Crippen molar-refractivity contribution in [3.05, 3.63) is 29.6 Å². The Morgan fingerprint density at radius 3 is 2.63 bits per heavy atom. The normalized spacial score (nSPS) is 12.1. The van der Waals surface area contributed by atoms with Crippen LogP contribution in [0.2, 0.25) is 0 Å². The van der Waals surface area contributed by atoms with E-state index >= 15 is 0 Å². The molecule has 1 rings (SSSR count). The number of rotatable bonds is 7. The van der Waals surface area contributed by atoms with Crippen molar-refractivity contribution >= 4 is 10.0 Å². The molecule has 1 aromatic carbocycles. The SMILES string of the molecule is CN(C)CCCNS(=O)(=O)c1cccc(F)c1CN. The second-order valence-electron chi connectivity index (χ2n) is 4.48. The first-order valence-electron chi connectivity index (χ1n) is 6.00. The highest BCUT2D eigenvalue weighted by molar-refractivity contribution is 7.89. The third-order valence-electron chi connectivity index (χ3n) is 2.64. The van der Waals surface area contributed by atoms with Gasteiger partial charge in [-0.15, -0.1) is 0 Å². The minimum Gasteiger partial charge on any atom is -0.326 e. The molecule has 5 nitrogen and oxygen atoms in total. The van der Waals surface area contributed by atoms with Gasteiger partial charge in [0, 0.05) is 18.7 Å². The van der Waals surface area contributed by atoms with Gasteiger partial charge in [-0.3, -0.25) is 0 Å². The van der Waals surface area contributed by atoms with Crippen LogP contribution in [0.25, 0.3) is 0 Å². The molecular formula is C12H20FN3O2S. The van der Waals surface area contributed by atoms with E-state index < -0.39 is 15.8 Å². The molecule has 0 saturated carbocycles. The van der Waals surface area contributed by atoms with Gasteiger partial charge in [-0.1, -0.05) is 6.07 Å². The van der Waals surface area contributed by atoms with Crippen LogP contribution < -0.4 is 10.5 Å². The van der Waals surface area contributed by atoms with Crippen LogP contribution in [0.15, 0.2) is 23.1 Å². The van der Waals surface area contributed by atoms with E-state index in [1.807, 2.05) is 19.0 Å². The van der Waals surface area contributed by atoms with Crippen LogP contribution >= 0.6 is 0 Å². The van der Waals surface area contributed by atoms with Crippen molar-refractivity contribution in [2.75, 3.05) is 27.2 Å². The predicted molar refractivity (Wildman–Crippen MR) is 72.7 cm³/mol. The van der Waals surface area contributed by atoms with Crippen molar-refractivity contribution in [1.82, 2.24) is 9.62 Å². The molecule has 3 N–H and O–H groups in total. The molecule has 0 aliphatic rings. The van der Waals surface area contributed by atoms with Crippen LogP contribution in [0.3, 0.4) is 0 Å². The third kappa shape index (κ3) is 4.54. The molecule has 0 radical (unpaired) electrons. The highest BCUT2D eigenvalue weighted by atomic mass is 32.2. The smallest absolute Gasteiger partial charge is 0.240 e. The Morgan fingerprint density at radius 1 is 1.37 bits per heavy atom. The van der Waals surface area contributed by atoms with Gasteiger partial charge in [0.05, 0.1) is 4.90 Å². The molecule has 1 aromatic rings. The highest BCUT2D eigenvalue weighted by Crippen LogP contribution is 2.18. The average Bonchev–Trinajstić information content (AvgIpc) is 2.34. The molecule has 0 aliphatic carbocycles. The fourth-order valence-corrected chi connectivity index (χ4v) is 3.00. The number of hydrogen-bond acceptors (Lipinski definition) is 4. The van der Waals surface area contributed by atoms with Gasteiger partial charge in [0.15, 0.2) is 0 Å². The van der Waals surface area contributed by atoms with Gasteiger partial charge in [-0.05, 0) is 39.2 Å². The fraction of sp³-hybridized carbons (Fsp3) is 0.500. The zero-order valence-corrected chi connectivity index (χ0v) is 12.0. The molecule has 0 saturated heterocycles. The summed E-state index contributed by atoms with van der Waals surface area (Å²) in [5, 5.41) is 0. The van der Waals surface area contributed by atoms with Crippen LogP contribution in [0.5, 0.6) is 0 Å². The van der Waals surface area contributed by atoms with Gasteiger partial charge in [-0.25, -0.2) is 17.5 Å². The van der Waals surface area contributed by atoms with Gasteiger partial charge in [-0.2, -0.15) is 0 Å². The van der Waals surface area contributed by atoms with E-state index in [0.29, 0.717) is 13.0 Å². The molecule has 0 aliphatic heterocycles. The quantitative estimate of drug-likeness (QED) is 0.717. The second-order valence-corrected chi connectivity index (χ2v) is 6.21. The molecule has 108 valence electrons. The Hall–Kier alpha value is -1.02. The Labute approximate surface area is 113 Å². The van der Waals surface area contributed by atoms with E-state index in [-0.39, 0.29) is 17.0 Å². The van der Waals surface area contributed by atoms with Crippen LogP contribution in [-0.2, 0) is 16.6 Å². The summed E-state index contributed by atoms with van der Waals surface area (Å²) in [6, 6.07) is 3.93. The molecule has 0 aromatic heterocycles. The summed E-state index contributed by atoms with van der Waals surface area (Å²) in [5.74, 6) is -0.598. The Morgan fingerprint density at radius 2 is 2.05 bits per heavy atom. The van der Waals surface area contributed by atoms with Crippen LogP contribution in [0, 0.1) is 5.82 Å². The average molecular weight is 289 g/mol. The predicted octanol–water partition coefficient (Wildman–Crippen LogP) is 0.514.